The van der Waals surface area contributed by atoms with Crippen molar-refractivity contribution in [1.82, 2.24) is 19.9 Å². The predicted octanol–water partition coefficient (Wildman–Crippen LogP) is 3.39. The highest BCUT2D eigenvalue weighted by atomic mass is 35.5. The van der Waals surface area contributed by atoms with E-state index in [-0.39, 0.29) is 0 Å². The van der Waals surface area contributed by atoms with Crippen LogP contribution < -0.4 is 5.32 Å². The lowest BCUT2D eigenvalue weighted by Crippen LogP contribution is -1.95. The summed E-state index contributed by atoms with van der Waals surface area (Å²) in [5, 5.41) is 6.16. The fourth-order valence-electron chi connectivity index (χ4n) is 1.44. The molecule has 3 heterocycles. The molecule has 3 rings (SSSR count). The van der Waals surface area contributed by atoms with Crippen molar-refractivity contribution >= 4 is 34.0 Å². The Labute approximate surface area is 118 Å². The molecule has 0 atom stereocenters. The monoisotopic (exact) mass is 289 g/mol. The number of rotatable bonds is 3. The molecule has 0 fully saturated rings. The molecular weight excluding hydrogens is 282 g/mol. The Morgan fingerprint density at radius 2 is 1.89 bits per heavy atom. The van der Waals surface area contributed by atoms with E-state index < -0.39 is 0 Å². The van der Waals surface area contributed by atoms with Gasteiger partial charge >= 0.3 is 0 Å². The van der Waals surface area contributed by atoms with E-state index in [1.165, 1.54) is 23.7 Å². The fraction of sp³-hybridized carbons (Fsp3) is 0. The molecule has 0 aliphatic carbocycles. The zero-order valence-electron chi connectivity index (χ0n) is 9.62. The van der Waals surface area contributed by atoms with Crippen molar-refractivity contribution in [2.24, 2.45) is 0 Å². The summed E-state index contributed by atoms with van der Waals surface area (Å²) in [6.07, 6.45) is 4.80. The fourth-order valence-corrected chi connectivity index (χ4v) is 2.23. The minimum absolute atomic E-state index is 0.464. The van der Waals surface area contributed by atoms with E-state index in [9.17, 15) is 0 Å². The Balaban J connectivity index is 1.80. The van der Waals surface area contributed by atoms with Gasteiger partial charge in [0.15, 0.2) is 5.13 Å². The molecule has 0 saturated heterocycles. The van der Waals surface area contributed by atoms with Gasteiger partial charge < -0.3 is 5.32 Å². The molecular formula is C12H8ClN5S. The molecule has 0 saturated carbocycles. The first-order chi connectivity index (χ1) is 9.31. The molecule has 0 spiro atoms. The highest BCUT2D eigenvalue weighted by molar-refractivity contribution is 7.14. The normalized spacial score (nSPS) is 10.4. The first kappa shape index (κ1) is 12.0. The van der Waals surface area contributed by atoms with E-state index in [1.807, 2.05) is 23.6 Å². The number of hydrogen-bond acceptors (Lipinski definition) is 6. The van der Waals surface area contributed by atoms with Crippen molar-refractivity contribution in [2.75, 3.05) is 5.32 Å². The van der Waals surface area contributed by atoms with Crippen LogP contribution in [0.15, 0.2) is 42.2 Å². The molecule has 5 nitrogen and oxygen atoms in total. The first-order valence-electron chi connectivity index (χ1n) is 5.43. The lowest BCUT2D eigenvalue weighted by atomic mass is 10.3. The van der Waals surface area contributed by atoms with Gasteiger partial charge in [0.2, 0.25) is 5.95 Å². The molecule has 19 heavy (non-hydrogen) atoms. The molecule has 1 N–H and O–H groups in total. The molecule has 0 aliphatic heterocycles. The number of thiazole rings is 1. The summed E-state index contributed by atoms with van der Waals surface area (Å²) in [5.41, 5.74) is 1.66. The van der Waals surface area contributed by atoms with Crippen LogP contribution in [0.3, 0.4) is 0 Å². The number of anilines is 2. The lowest BCUT2D eigenvalue weighted by molar-refractivity contribution is 1.16. The summed E-state index contributed by atoms with van der Waals surface area (Å²) in [5.74, 6) is 0.464. The smallest absolute Gasteiger partial charge is 0.229 e. The third-order valence-corrected chi connectivity index (χ3v) is 3.22. The molecule has 7 heteroatoms. The summed E-state index contributed by atoms with van der Waals surface area (Å²) < 4.78 is 0. The van der Waals surface area contributed by atoms with Crippen molar-refractivity contribution in [2.45, 2.75) is 0 Å². The number of nitrogens with zero attached hydrogens (tertiary/aromatic N) is 4. The quantitative estimate of drug-likeness (QED) is 0.800. The molecule has 94 valence electrons. The number of nitrogens with one attached hydrogen (secondary N) is 1. The Kier molecular flexibility index (Phi) is 3.35. The highest BCUT2D eigenvalue weighted by Gasteiger charge is 2.06. The molecule has 3 aromatic rings. The zero-order valence-corrected chi connectivity index (χ0v) is 11.2. The van der Waals surface area contributed by atoms with Crippen LogP contribution in [0.2, 0.25) is 5.02 Å². The van der Waals surface area contributed by atoms with E-state index in [4.69, 9.17) is 11.6 Å². The Morgan fingerprint density at radius 3 is 2.63 bits per heavy atom. The maximum Gasteiger partial charge on any atom is 0.229 e. The third-order valence-electron chi connectivity index (χ3n) is 2.27. The van der Waals surface area contributed by atoms with Gasteiger partial charge in [-0.1, -0.05) is 17.7 Å². The average molecular weight is 290 g/mol. The van der Waals surface area contributed by atoms with Crippen LogP contribution in [-0.2, 0) is 0 Å². The van der Waals surface area contributed by atoms with Crippen molar-refractivity contribution in [1.29, 1.82) is 0 Å². The number of aromatic nitrogens is 4. The minimum Gasteiger partial charge on any atom is -0.300 e. The van der Waals surface area contributed by atoms with Gasteiger partial charge in [-0.25, -0.2) is 15.0 Å². The SMILES string of the molecule is Clc1cnc(Nc2nc(-c3ccccn3)cs2)nc1. The van der Waals surface area contributed by atoms with Crippen molar-refractivity contribution < 1.29 is 0 Å². The molecule has 0 aromatic carbocycles. The number of halogens is 1. The second-order valence-corrected chi connectivity index (χ2v) is 4.90. The first-order valence-corrected chi connectivity index (χ1v) is 6.68. The van der Waals surface area contributed by atoms with E-state index in [2.05, 4.69) is 25.3 Å². The Morgan fingerprint density at radius 1 is 1.05 bits per heavy atom. The second-order valence-electron chi connectivity index (χ2n) is 3.60. The van der Waals surface area contributed by atoms with Gasteiger partial charge in [0, 0.05) is 11.6 Å². The van der Waals surface area contributed by atoms with E-state index in [0.717, 1.165) is 11.4 Å². The van der Waals surface area contributed by atoms with E-state index in [0.29, 0.717) is 16.1 Å². The van der Waals surface area contributed by atoms with E-state index in [1.54, 1.807) is 6.20 Å². The van der Waals surface area contributed by atoms with Crippen molar-refractivity contribution in [3.63, 3.8) is 0 Å². The molecule has 0 radical (unpaired) electrons. The molecule has 0 unspecified atom stereocenters. The van der Waals surface area contributed by atoms with Gasteiger partial charge in [-0.3, -0.25) is 4.98 Å². The topological polar surface area (TPSA) is 63.6 Å². The highest BCUT2D eigenvalue weighted by Crippen LogP contribution is 2.24. The van der Waals surface area contributed by atoms with Crippen LogP contribution in [-0.4, -0.2) is 19.9 Å². The maximum atomic E-state index is 5.72. The van der Waals surface area contributed by atoms with Gasteiger partial charge in [0.25, 0.3) is 0 Å². The zero-order chi connectivity index (χ0) is 13.1. The molecule has 3 aromatic heterocycles. The summed E-state index contributed by atoms with van der Waals surface area (Å²) in [6, 6.07) is 5.71. The van der Waals surface area contributed by atoms with Gasteiger partial charge in [0.1, 0.15) is 5.69 Å². The molecule has 0 amide bonds. The Hall–Kier alpha value is -2.05. The van der Waals surface area contributed by atoms with Gasteiger partial charge in [-0.05, 0) is 12.1 Å². The van der Waals surface area contributed by atoms with Crippen LogP contribution in [0.5, 0.6) is 0 Å². The maximum absolute atomic E-state index is 5.72. The minimum atomic E-state index is 0.464. The average Bonchev–Trinajstić information content (AvgIpc) is 2.91. The second kappa shape index (κ2) is 5.29. The summed E-state index contributed by atoms with van der Waals surface area (Å²) >= 11 is 7.19. The number of hydrogen-bond donors (Lipinski definition) is 1. The number of pyridine rings is 1. The third kappa shape index (κ3) is 2.86. The summed E-state index contributed by atoms with van der Waals surface area (Å²) in [4.78, 5) is 16.8. The lowest BCUT2D eigenvalue weighted by Gasteiger charge is -1.99. The van der Waals surface area contributed by atoms with Crippen molar-refractivity contribution in [3.8, 4) is 11.4 Å². The van der Waals surface area contributed by atoms with Crippen LogP contribution in [0.1, 0.15) is 0 Å². The largest absolute Gasteiger partial charge is 0.300 e. The predicted molar refractivity (Wildman–Crippen MR) is 75.7 cm³/mol. The van der Waals surface area contributed by atoms with Crippen LogP contribution >= 0.6 is 22.9 Å². The summed E-state index contributed by atoms with van der Waals surface area (Å²) in [6.45, 7) is 0. The van der Waals surface area contributed by atoms with Crippen LogP contribution in [0, 0.1) is 0 Å². The summed E-state index contributed by atoms with van der Waals surface area (Å²) in [7, 11) is 0. The van der Waals surface area contributed by atoms with Gasteiger partial charge in [0.05, 0.1) is 23.1 Å². The van der Waals surface area contributed by atoms with Gasteiger partial charge in [-0.2, -0.15) is 0 Å². The molecule has 0 bridgehead atoms. The Bertz CT molecular complexity index is 668. The van der Waals surface area contributed by atoms with E-state index >= 15 is 0 Å². The van der Waals surface area contributed by atoms with Crippen LogP contribution in [0.25, 0.3) is 11.4 Å². The van der Waals surface area contributed by atoms with Crippen molar-refractivity contribution in [3.05, 3.63) is 47.2 Å². The standard InChI is InChI=1S/C12H8ClN5S/c13-8-5-15-11(16-6-8)18-12-17-10(7-19-12)9-3-1-2-4-14-9/h1-7H,(H,15,16,17,18). The van der Waals surface area contributed by atoms with Gasteiger partial charge in [-0.15, -0.1) is 11.3 Å². The van der Waals surface area contributed by atoms with Crippen LogP contribution in [0.4, 0.5) is 11.1 Å². The molecule has 0 aliphatic rings.